The monoisotopic (exact) mass is 284 g/mol. The smallest absolute Gasteiger partial charge is 0.179 e. The van der Waals surface area contributed by atoms with Gasteiger partial charge >= 0.3 is 0 Å². The highest BCUT2D eigenvalue weighted by atomic mass is 35.5. The van der Waals surface area contributed by atoms with Gasteiger partial charge in [0.05, 0.1) is 19.2 Å². The average Bonchev–Trinajstić information content (AvgIpc) is 2.85. The molecular weight excluding hydrogens is 264 g/mol. The first-order chi connectivity index (χ1) is 9.17. The van der Waals surface area contributed by atoms with Gasteiger partial charge in [-0.3, -0.25) is 4.90 Å². The Morgan fingerprint density at radius 2 is 2.16 bits per heavy atom. The van der Waals surface area contributed by atoms with E-state index in [-0.39, 0.29) is 0 Å². The molecule has 0 radical (unpaired) electrons. The average molecular weight is 285 g/mol. The molecule has 1 aliphatic heterocycles. The molecule has 5 heteroatoms. The van der Waals surface area contributed by atoms with Crippen molar-refractivity contribution in [3.05, 3.63) is 22.7 Å². The van der Waals surface area contributed by atoms with Crippen LogP contribution in [0.5, 0.6) is 11.5 Å². The van der Waals surface area contributed by atoms with Gasteiger partial charge in [-0.15, -0.1) is 0 Å². The van der Waals surface area contributed by atoms with Crippen molar-refractivity contribution in [2.45, 2.75) is 13.0 Å². The maximum Gasteiger partial charge on any atom is 0.179 e. The van der Waals surface area contributed by atoms with Gasteiger partial charge in [0.2, 0.25) is 0 Å². The number of methoxy groups -OCH3 is 2. The zero-order valence-corrected chi connectivity index (χ0v) is 12.2. The first-order valence-electron chi connectivity index (χ1n) is 6.50. The van der Waals surface area contributed by atoms with E-state index in [2.05, 4.69) is 4.90 Å². The van der Waals surface area contributed by atoms with E-state index in [9.17, 15) is 0 Å². The molecule has 0 bridgehead atoms. The molecular formula is C14H21ClN2O2. The maximum atomic E-state index is 6.21. The summed E-state index contributed by atoms with van der Waals surface area (Å²) in [6.07, 6.45) is 1.18. The lowest BCUT2D eigenvalue weighted by molar-refractivity contribution is 0.315. The number of benzene rings is 1. The molecule has 1 heterocycles. The van der Waals surface area contributed by atoms with Crippen molar-refractivity contribution in [2.24, 2.45) is 11.7 Å². The fraction of sp³-hybridized carbons (Fsp3) is 0.571. The molecule has 19 heavy (non-hydrogen) atoms. The van der Waals surface area contributed by atoms with Crippen molar-refractivity contribution < 1.29 is 9.47 Å². The second-order valence-electron chi connectivity index (χ2n) is 4.94. The summed E-state index contributed by atoms with van der Waals surface area (Å²) in [4.78, 5) is 2.40. The Morgan fingerprint density at radius 3 is 2.74 bits per heavy atom. The normalized spacial score (nSPS) is 19.7. The van der Waals surface area contributed by atoms with E-state index >= 15 is 0 Å². The molecule has 1 atom stereocenters. The van der Waals surface area contributed by atoms with Crippen LogP contribution in [0.2, 0.25) is 5.02 Å². The van der Waals surface area contributed by atoms with Crippen LogP contribution in [-0.4, -0.2) is 38.8 Å². The highest BCUT2D eigenvalue weighted by Crippen LogP contribution is 2.36. The minimum absolute atomic E-state index is 0.589. The van der Waals surface area contributed by atoms with Crippen LogP contribution in [-0.2, 0) is 6.54 Å². The molecule has 1 aliphatic rings. The van der Waals surface area contributed by atoms with Crippen LogP contribution in [0.25, 0.3) is 0 Å². The zero-order chi connectivity index (χ0) is 13.8. The topological polar surface area (TPSA) is 47.7 Å². The van der Waals surface area contributed by atoms with Gasteiger partial charge in [-0.2, -0.15) is 0 Å². The number of ether oxygens (including phenoxy) is 2. The standard InChI is InChI=1S/C14H21ClN2O2/c1-18-13-6-11(5-12(15)14(13)19-2)9-17-4-3-10(7-16)8-17/h5-6,10H,3-4,7-9,16H2,1-2H3/t10-/m1/s1. The van der Waals surface area contributed by atoms with E-state index in [4.69, 9.17) is 26.8 Å². The van der Waals surface area contributed by atoms with Crippen LogP contribution in [0.1, 0.15) is 12.0 Å². The Hall–Kier alpha value is -0.970. The predicted octanol–water partition coefficient (Wildman–Crippen LogP) is 2.14. The molecule has 0 unspecified atom stereocenters. The molecule has 2 rings (SSSR count). The molecule has 1 aromatic carbocycles. The number of halogens is 1. The molecule has 1 fully saturated rings. The quantitative estimate of drug-likeness (QED) is 0.900. The lowest BCUT2D eigenvalue weighted by atomic mass is 10.1. The number of hydrogen-bond acceptors (Lipinski definition) is 4. The summed E-state index contributed by atoms with van der Waals surface area (Å²) in [7, 11) is 3.22. The van der Waals surface area contributed by atoms with Gasteiger partial charge in [-0.1, -0.05) is 11.6 Å². The molecule has 0 aromatic heterocycles. The van der Waals surface area contributed by atoms with Crippen molar-refractivity contribution in [3.63, 3.8) is 0 Å². The molecule has 0 amide bonds. The largest absolute Gasteiger partial charge is 0.493 e. The summed E-state index contributed by atoms with van der Waals surface area (Å²) >= 11 is 6.21. The SMILES string of the molecule is COc1cc(CN2CC[C@H](CN)C2)cc(Cl)c1OC. The van der Waals surface area contributed by atoms with Gasteiger partial charge in [0.15, 0.2) is 11.5 Å². The van der Waals surface area contributed by atoms with Gasteiger partial charge in [0.1, 0.15) is 0 Å². The Kier molecular flexibility index (Phi) is 4.91. The minimum Gasteiger partial charge on any atom is -0.493 e. The second kappa shape index (κ2) is 6.46. The van der Waals surface area contributed by atoms with Crippen LogP contribution >= 0.6 is 11.6 Å². The molecule has 0 spiro atoms. The van der Waals surface area contributed by atoms with Crippen LogP contribution in [0.3, 0.4) is 0 Å². The third-order valence-electron chi connectivity index (χ3n) is 3.60. The first kappa shape index (κ1) is 14.4. The van der Waals surface area contributed by atoms with Gasteiger partial charge in [-0.05, 0) is 43.1 Å². The lowest BCUT2D eigenvalue weighted by Crippen LogP contribution is -2.22. The van der Waals surface area contributed by atoms with Crippen LogP contribution < -0.4 is 15.2 Å². The highest BCUT2D eigenvalue weighted by Gasteiger charge is 2.22. The Morgan fingerprint density at radius 1 is 1.37 bits per heavy atom. The van der Waals surface area contributed by atoms with Gasteiger partial charge in [0.25, 0.3) is 0 Å². The van der Waals surface area contributed by atoms with Crippen LogP contribution in [0.4, 0.5) is 0 Å². The van der Waals surface area contributed by atoms with Crippen molar-refractivity contribution in [1.29, 1.82) is 0 Å². The maximum absolute atomic E-state index is 6.21. The van der Waals surface area contributed by atoms with Crippen molar-refractivity contribution in [3.8, 4) is 11.5 Å². The van der Waals surface area contributed by atoms with Gasteiger partial charge < -0.3 is 15.2 Å². The Bertz CT molecular complexity index is 440. The highest BCUT2D eigenvalue weighted by molar-refractivity contribution is 6.32. The van der Waals surface area contributed by atoms with Crippen molar-refractivity contribution in [1.82, 2.24) is 4.90 Å². The second-order valence-corrected chi connectivity index (χ2v) is 5.35. The summed E-state index contributed by atoms with van der Waals surface area (Å²) in [5, 5.41) is 0.589. The molecule has 4 nitrogen and oxygen atoms in total. The molecule has 0 aliphatic carbocycles. The zero-order valence-electron chi connectivity index (χ0n) is 11.5. The number of nitrogens with zero attached hydrogens (tertiary/aromatic N) is 1. The fourth-order valence-electron chi connectivity index (χ4n) is 2.57. The summed E-state index contributed by atoms with van der Waals surface area (Å²) in [5.74, 6) is 1.89. The number of nitrogens with two attached hydrogens (primary N) is 1. The van der Waals surface area contributed by atoms with Gasteiger partial charge in [0, 0.05) is 13.1 Å². The number of rotatable bonds is 5. The summed E-state index contributed by atoms with van der Waals surface area (Å²) in [5.41, 5.74) is 6.85. The summed E-state index contributed by atoms with van der Waals surface area (Å²) < 4.78 is 10.6. The molecule has 2 N–H and O–H groups in total. The number of likely N-dealkylation sites (tertiary alicyclic amines) is 1. The van der Waals surface area contributed by atoms with Crippen LogP contribution in [0, 0.1) is 5.92 Å². The third-order valence-corrected chi connectivity index (χ3v) is 3.88. The summed E-state index contributed by atoms with van der Waals surface area (Å²) in [6.45, 7) is 3.79. The Balaban J connectivity index is 2.11. The molecule has 0 saturated carbocycles. The van der Waals surface area contributed by atoms with E-state index in [1.165, 1.54) is 6.42 Å². The minimum atomic E-state index is 0.589. The van der Waals surface area contributed by atoms with Crippen molar-refractivity contribution >= 4 is 11.6 Å². The van der Waals surface area contributed by atoms with Crippen LogP contribution in [0.15, 0.2) is 12.1 Å². The Labute approximate surface area is 119 Å². The lowest BCUT2D eigenvalue weighted by Gasteiger charge is -2.17. The fourth-order valence-corrected chi connectivity index (χ4v) is 2.88. The van der Waals surface area contributed by atoms with E-state index in [1.54, 1.807) is 14.2 Å². The van der Waals surface area contributed by atoms with Crippen molar-refractivity contribution in [2.75, 3.05) is 33.9 Å². The number of hydrogen-bond donors (Lipinski definition) is 1. The third kappa shape index (κ3) is 3.32. The van der Waals surface area contributed by atoms with Gasteiger partial charge in [-0.25, -0.2) is 0 Å². The van der Waals surface area contributed by atoms with E-state index in [1.807, 2.05) is 12.1 Å². The van der Waals surface area contributed by atoms with E-state index < -0.39 is 0 Å². The summed E-state index contributed by atoms with van der Waals surface area (Å²) in [6, 6.07) is 3.93. The molecule has 106 valence electrons. The predicted molar refractivity (Wildman–Crippen MR) is 77.0 cm³/mol. The molecule has 1 aromatic rings. The molecule has 1 saturated heterocycles. The van der Waals surface area contributed by atoms with E-state index in [0.29, 0.717) is 22.4 Å². The first-order valence-corrected chi connectivity index (χ1v) is 6.88. The van der Waals surface area contributed by atoms with E-state index in [0.717, 1.165) is 31.7 Å².